The van der Waals surface area contributed by atoms with Crippen LogP contribution in [0.2, 0.25) is 0 Å². The van der Waals surface area contributed by atoms with E-state index in [2.05, 4.69) is 63.3 Å². The highest BCUT2D eigenvalue weighted by molar-refractivity contribution is 7.18. The summed E-state index contributed by atoms with van der Waals surface area (Å²) in [6.07, 6.45) is 9.77. The van der Waals surface area contributed by atoms with Crippen LogP contribution in [-0.2, 0) is 11.8 Å². The van der Waals surface area contributed by atoms with Crippen LogP contribution in [0.15, 0.2) is 60.1 Å². The normalized spacial score (nSPS) is 18.1. The van der Waals surface area contributed by atoms with Crippen molar-refractivity contribution in [2.24, 2.45) is 7.05 Å². The van der Waals surface area contributed by atoms with Gasteiger partial charge in [-0.05, 0) is 80.5 Å². The fourth-order valence-electron chi connectivity index (χ4n) is 8.30. The first-order valence-corrected chi connectivity index (χ1v) is 19.5. The Balaban J connectivity index is 1.14. The molecule has 2 fully saturated rings. The van der Waals surface area contributed by atoms with Crippen molar-refractivity contribution in [3.8, 4) is 16.9 Å². The minimum Gasteiger partial charge on any atom is -0.495 e. The Morgan fingerprint density at radius 2 is 1.87 bits per heavy atom. The largest absolute Gasteiger partial charge is 0.495 e. The van der Waals surface area contributed by atoms with Gasteiger partial charge in [-0.2, -0.15) is 0 Å². The molecule has 2 aromatic carbocycles. The van der Waals surface area contributed by atoms with Gasteiger partial charge < -0.3 is 30.6 Å². The van der Waals surface area contributed by atoms with Gasteiger partial charge >= 0.3 is 0 Å². The van der Waals surface area contributed by atoms with E-state index < -0.39 is 0 Å². The number of aromatic nitrogens is 2. The van der Waals surface area contributed by atoms with Gasteiger partial charge in [0.05, 0.1) is 30.2 Å². The number of anilines is 3. The molecule has 0 saturated carbocycles. The van der Waals surface area contributed by atoms with E-state index in [0.717, 1.165) is 88.8 Å². The van der Waals surface area contributed by atoms with E-state index in [1.165, 1.54) is 6.42 Å². The summed E-state index contributed by atoms with van der Waals surface area (Å²) in [4.78, 5) is 38.7. The molecule has 7 rings (SSSR count). The van der Waals surface area contributed by atoms with Crippen molar-refractivity contribution in [1.82, 2.24) is 24.7 Å². The Morgan fingerprint density at radius 3 is 2.66 bits per heavy atom. The van der Waals surface area contributed by atoms with Crippen LogP contribution in [0.1, 0.15) is 55.6 Å². The second kappa shape index (κ2) is 15.6. The Morgan fingerprint density at radius 1 is 1.09 bits per heavy atom. The first kappa shape index (κ1) is 36.4. The van der Waals surface area contributed by atoms with E-state index in [-0.39, 0.29) is 18.0 Å². The summed E-state index contributed by atoms with van der Waals surface area (Å²) in [5.41, 5.74) is 12.2. The number of methoxy groups -OCH3 is 1. The van der Waals surface area contributed by atoms with Gasteiger partial charge in [0, 0.05) is 72.1 Å². The molecule has 0 spiro atoms. The molecule has 2 aliphatic rings. The monoisotopic (exact) mass is 734 g/mol. The molecule has 12 heteroatoms. The zero-order valence-corrected chi connectivity index (χ0v) is 32.1. The Labute approximate surface area is 315 Å². The molecule has 5 heterocycles. The Hall–Kier alpha value is -4.91. The van der Waals surface area contributed by atoms with Crippen molar-refractivity contribution < 1.29 is 14.3 Å². The van der Waals surface area contributed by atoms with Crippen LogP contribution in [0.25, 0.3) is 38.2 Å². The molecule has 0 unspecified atom stereocenters. The number of nitrogens with one attached hydrogen (secondary N) is 2. The smallest absolute Gasteiger partial charge is 0.274 e. The third kappa shape index (κ3) is 6.98. The minimum atomic E-state index is -0.210. The average molecular weight is 735 g/mol. The second-order valence-corrected chi connectivity index (χ2v) is 14.8. The summed E-state index contributed by atoms with van der Waals surface area (Å²) in [5, 5.41) is 10.2. The SMILES string of the molecule is CCN1CCC[C@@H]1CNC(=O)/C=C/c1cnc(N)c2c(-c3ccc(NC(=O)c4c(N(C)[C@@H]5CCCN5CC)c5ccccc5n4C)c(OC)c3)csc12. The zero-order chi connectivity index (χ0) is 37.2. The molecule has 4 N–H and O–H groups in total. The molecule has 2 atom stereocenters. The number of hydrogen-bond acceptors (Lipinski definition) is 9. The maximum absolute atomic E-state index is 14.3. The lowest BCUT2D eigenvalue weighted by Crippen LogP contribution is -2.43. The maximum Gasteiger partial charge on any atom is 0.274 e. The standard InChI is InChI=1S/C41H50N8O3S/c1-6-48-20-10-12-28(48)24-43-34(50)19-17-27-23-44-40(42)36-30(25-53-39(27)36)26-16-18-31(33(22-26)52-5)45-41(51)38-37(29-13-8-9-14-32(29)46(38)3)47(4)35-15-11-21-49(35)7-2/h8-9,13-14,16-19,22-23,25,28,35H,6-7,10-12,15,20-21,24H2,1-5H3,(H2,42,44)(H,43,50)(H,45,51)/b19-17+/t28-,35+/m1/s1. The molecule has 53 heavy (non-hydrogen) atoms. The number of pyridine rings is 1. The van der Waals surface area contributed by atoms with Crippen molar-refractivity contribution in [2.45, 2.75) is 51.7 Å². The fraction of sp³-hybridized carbons (Fsp3) is 0.390. The van der Waals surface area contributed by atoms with Gasteiger partial charge in [0.2, 0.25) is 5.91 Å². The number of fused-ring (bicyclic) bond motifs is 2. The van der Waals surface area contributed by atoms with E-state index in [1.807, 2.05) is 47.3 Å². The van der Waals surface area contributed by atoms with Crippen LogP contribution in [0.4, 0.5) is 17.2 Å². The molecule has 0 bridgehead atoms. The lowest BCUT2D eigenvalue weighted by Gasteiger charge is -2.33. The highest BCUT2D eigenvalue weighted by atomic mass is 32.1. The first-order valence-electron chi connectivity index (χ1n) is 18.6. The van der Waals surface area contributed by atoms with E-state index in [4.69, 9.17) is 10.5 Å². The number of rotatable bonds is 12. The van der Waals surface area contributed by atoms with Crippen LogP contribution in [-0.4, -0.2) is 90.3 Å². The number of hydrogen-bond donors (Lipinski definition) is 3. The van der Waals surface area contributed by atoms with Gasteiger partial charge in [0.25, 0.3) is 5.91 Å². The van der Waals surface area contributed by atoms with Crippen molar-refractivity contribution in [3.05, 3.63) is 71.4 Å². The van der Waals surface area contributed by atoms with Crippen LogP contribution in [0, 0.1) is 0 Å². The number of likely N-dealkylation sites (N-methyl/N-ethyl adjacent to an activating group) is 1. The number of ether oxygens (including phenoxy) is 1. The van der Waals surface area contributed by atoms with Crippen molar-refractivity contribution in [3.63, 3.8) is 0 Å². The molecular formula is C41H50N8O3S. The summed E-state index contributed by atoms with van der Waals surface area (Å²) in [6, 6.07) is 14.3. The molecule has 2 saturated heterocycles. The highest BCUT2D eigenvalue weighted by Gasteiger charge is 2.32. The first-order chi connectivity index (χ1) is 25.7. The number of nitrogens with zero attached hydrogens (tertiary/aromatic N) is 5. The number of aryl methyl sites for hydroxylation is 1. The van der Waals surface area contributed by atoms with E-state index in [9.17, 15) is 9.59 Å². The molecule has 11 nitrogen and oxygen atoms in total. The number of para-hydroxylation sites is 1. The Bertz CT molecular complexity index is 2170. The summed E-state index contributed by atoms with van der Waals surface area (Å²) in [7, 11) is 5.66. The minimum absolute atomic E-state index is 0.124. The number of carbonyl (C=O) groups excluding carboxylic acids is 2. The number of nitrogens with two attached hydrogens (primary N) is 1. The van der Waals surface area contributed by atoms with Crippen LogP contribution >= 0.6 is 11.3 Å². The highest BCUT2D eigenvalue weighted by Crippen LogP contribution is 2.42. The van der Waals surface area contributed by atoms with Crippen LogP contribution in [0.3, 0.4) is 0 Å². The number of amides is 2. The predicted octanol–water partition coefficient (Wildman–Crippen LogP) is 6.79. The lowest BCUT2D eigenvalue weighted by atomic mass is 10.0. The van der Waals surface area contributed by atoms with E-state index >= 15 is 0 Å². The van der Waals surface area contributed by atoms with Crippen LogP contribution in [0.5, 0.6) is 5.75 Å². The topological polar surface area (TPSA) is 121 Å². The quantitative estimate of drug-likeness (QED) is 0.120. The molecule has 2 amide bonds. The molecule has 0 aliphatic carbocycles. The van der Waals surface area contributed by atoms with Gasteiger partial charge in [-0.15, -0.1) is 11.3 Å². The van der Waals surface area contributed by atoms with Gasteiger partial charge in [-0.1, -0.05) is 38.1 Å². The van der Waals surface area contributed by atoms with Gasteiger partial charge in [0.1, 0.15) is 17.3 Å². The molecule has 3 aromatic heterocycles. The van der Waals surface area contributed by atoms with Crippen molar-refractivity contribution >= 4 is 67.4 Å². The number of likely N-dealkylation sites (tertiary alicyclic amines) is 2. The summed E-state index contributed by atoms with van der Waals surface area (Å²) < 4.78 is 8.79. The van der Waals surface area contributed by atoms with Gasteiger partial charge in [0.15, 0.2) is 0 Å². The van der Waals surface area contributed by atoms with Crippen molar-refractivity contribution in [2.75, 3.05) is 62.8 Å². The summed E-state index contributed by atoms with van der Waals surface area (Å²) in [5.74, 6) is 0.602. The van der Waals surface area contributed by atoms with Crippen LogP contribution < -0.4 is 26.0 Å². The maximum atomic E-state index is 14.3. The number of thiophene rings is 1. The summed E-state index contributed by atoms with van der Waals surface area (Å²) in [6.45, 7) is 9.10. The zero-order valence-electron chi connectivity index (χ0n) is 31.3. The Kier molecular flexibility index (Phi) is 10.7. The van der Waals surface area contributed by atoms with Crippen molar-refractivity contribution in [1.29, 1.82) is 0 Å². The third-order valence-corrected chi connectivity index (χ3v) is 12.1. The number of benzene rings is 2. The number of nitrogen functional groups attached to an aromatic ring is 1. The average Bonchev–Trinajstić information content (AvgIpc) is 3.99. The number of carbonyl (C=O) groups is 2. The second-order valence-electron chi connectivity index (χ2n) is 14.0. The molecule has 2 aliphatic heterocycles. The molecule has 0 radical (unpaired) electrons. The van der Waals surface area contributed by atoms with E-state index in [0.29, 0.717) is 35.5 Å². The lowest BCUT2D eigenvalue weighted by molar-refractivity contribution is -0.116. The predicted molar refractivity (Wildman–Crippen MR) is 218 cm³/mol. The molecule has 5 aromatic rings. The molecule has 278 valence electrons. The van der Waals surface area contributed by atoms with E-state index in [1.54, 1.807) is 36.8 Å². The third-order valence-electron chi connectivity index (χ3n) is 11.1. The summed E-state index contributed by atoms with van der Waals surface area (Å²) >= 11 is 1.55. The molecular weight excluding hydrogens is 685 g/mol. The van der Waals surface area contributed by atoms with Gasteiger partial charge in [-0.3, -0.25) is 19.4 Å². The fourth-order valence-corrected chi connectivity index (χ4v) is 9.38. The van der Waals surface area contributed by atoms with Gasteiger partial charge in [-0.25, -0.2) is 4.98 Å².